The molecule has 0 radical (unpaired) electrons. The topological polar surface area (TPSA) is 70.7 Å². The zero-order valence-corrected chi connectivity index (χ0v) is 15.6. The van der Waals surface area contributed by atoms with E-state index >= 15 is 0 Å². The molecule has 2 aromatic rings. The molecule has 2 aromatic carbocycles. The third kappa shape index (κ3) is 5.60. The van der Waals surface area contributed by atoms with Gasteiger partial charge in [0.1, 0.15) is 5.75 Å². The highest BCUT2D eigenvalue weighted by molar-refractivity contribution is 5.96. The summed E-state index contributed by atoms with van der Waals surface area (Å²) in [6.45, 7) is 2.20. The van der Waals surface area contributed by atoms with E-state index in [4.69, 9.17) is 4.74 Å². The van der Waals surface area contributed by atoms with Crippen molar-refractivity contribution in [1.82, 2.24) is 4.90 Å². The first kappa shape index (κ1) is 19.5. The van der Waals surface area contributed by atoms with E-state index in [9.17, 15) is 9.59 Å². The smallest absolute Gasteiger partial charge is 0.238 e. The molecule has 0 saturated heterocycles. The lowest BCUT2D eigenvalue weighted by Crippen LogP contribution is -2.27. The number of anilines is 2. The number of hydrogen-bond acceptors (Lipinski definition) is 4. The Hall–Kier alpha value is -2.86. The standard InChI is InChI=1S/C20H25N3O3/c1-14-9-10-16(12-17(14)22-20(25)13-23(2)3)21-19(24)11-15-7-5-6-8-18(15)26-4/h5-10,12H,11,13H2,1-4H3,(H,21,24)(H,22,25). The lowest BCUT2D eigenvalue weighted by atomic mass is 10.1. The zero-order chi connectivity index (χ0) is 19.1. The maximum absolute atomic E-state index is 12.4. The van der Waals surface area contributed by atoms with Crippen LogP contribution >= 0.6 is 0 Å². The van der Waals surface area contributed by atoms with Crippen molar-refractivity contribution in [3.05, 3.63) is 53.6 Å². The number of nitrogens with zero attached hydrogens (tertiary/aromatic N) is 1. The fourth-order valence-corrected chi connectivity index (χ4v) is 2.54. The van der Waals surface area contributed by atoms with E-state index in [2.05, 4.69) is 10.6 Å². The van der Waals surface area contributed by atoms with Crippen LogP contribution in [-0.2, 0) is 16.0 Å². The number of para-hydroxylation sites is 1. The first-order valence-corrected chi connectivity index (χ1v) is 8.36. The summed E-state index contributed by atoms with van der Waals surface area (Å²) in [6, 6.07) is 12.9. The monoisotopic (exact) mass is 355 g/mol. The van der Waals surface area contributed by atoms with Crippen molar-refractivity contribution < 1.29 is 14.3 Å². The highest BCUT2D eigenvalue weighted by atomic mass is 16.5. The van der Waals surface area contributed by atoms with Gasteiger partial charge in [0.2, 0.25) is 11.8 Å². The minimum atomic E-state index is -0.149. The Bertz CT molecular complexity index is 788. The third-order valence-corrected chi connectivity index (χ3v) is 3.80. The van der Waals surface area contributed by atoms with Crippen LogP contribution in [0.2, 0.25) is 0 Å². The molecule has 0 atom stereocenters. The molecule has 0 aromatic heterocycles. The molecule has 138 valence electrons. The van der Waals surface area contributed by atoms with Crippen LogP contribution in [0.15, 0.2) is 42.5 Å². The van der Waals surface area contributed by atoms with E-state index in [1.54, 1.807) is 18.1 Å². The maximum Gasteiger partial charge on any atom is 0.238 e. The second-order valence-corrected chi connectivity index (χ2v) is 6.35. The largest absolute Gasteiger partial charge is 0.496 e. The Balaban J connectivity index is 2.06. The molecule has 2 amide bonds. The second kappa shape index (κ2) is 9.01. The number of carbonyl (C=O) groups excluding carboxylic acids is 2. The fraction of sp³-hybridized carbons (Fsp3) is 0.300. The van der Waals surface area contributed by atoms with Gasteiger partial charge in [-0.25, -0.2) is 0 Å². The number of carbonyl (C=O) groups is 2. The van der Waals surface area contributed by atoms with Crippen molar-refractivity contribution in [2.45, 2.75) is 13.3 Å². The Morgan fingerprint density at radius 3 is 2.46 bits per heavy atom. The summed E-state index contributed by atoms with van der Waals surface area (Å²) in [6.07, 6.45) is 0.209. The van der Waals surface area contributed by atoms with Gasteiger partial charge >= 0.3 is 0 Å². The molecule has 0 aliphatic heterocycles. The Labute approximate surface area is 154 Å². The average molecular weight is 355 g/mol. The molecule has 6 heteroatoms. The lowest BCUT2D eigenvalue weighted by Gasteiger charge is -2.14. The average Bonchev–Trinajstić information content (AvgIpc) is 2.57. The van der Waals surface area contributed by atoms with E-state index in [1.165, 1.54) is 0 Å². The van der Waals surface area contributed by atoms with Crippen molar-refractivity contribution in [1.29, 1.82) is 0 Å². The van der Waals surface area contributed by atoms with Gasteiger partial charge in [-0.1, -0.05) is 24.3 Å². The Morgan fingerprint density at radius 2 is 1.77 bits per heavy atom. The van der Waals surface area contributed by atoms with Crippen molar-refractivity contribution in [2.75, 3.05) is 38.4 Å². The summed E-state index contributed by atoms with van der Waals surface area (Å²) in [7, 11) is 5.25. The number of methoxy groups -OCH3 is 1. The Morgan fingerprint density at radius 1 is 1.04 bits per heavy atom. The highest BCUT2D eigenvalue weighted by Gasteiger charge is 2.11. The molecule has 2 N–H and O–H groups in total. The van der Waals surface area contributed by atoms with Crippen LogP contribution in [0.5, 0.6) is 5.75 Å². The molecule has 0 unspecified atom stereocenters. The van der Waals surface area contributed by atoms with Crippen molar-refractivity contribution in [2.24, 2.45) is 0 Å². The van der Waals surface area contributed by atoms with Gasteiger partial charge in [0.15, 0.2) is 0 Å². The summed E-state index contributed by atoms with van der Waals surface area (Å²) in [5, 5.41) is 5.74. The molecule has 26 heavy (non-hydrogen) atoms. The van der Waals surface area contributed by atoms with Gasteiger partial charge in [0, 0.05) is 16.9 Å². The molecule has 0 aliphatic rings. The van der Waals surface area contributed by atoms with E-state index in [0.717, 1.165) is 11.1 Å². The molecule has 0 fully saturated rings. The molecule has 0 bridgehead atoms. The summed E-state index contributed by atoms with van der Waals surface area (Å²) < 4.78 is 5.28. The van der Waals surface area contributed by atoms with Gasteiger partial charge < -0.3 is 20.3 Å². The summed E-state index contributed by atoms with van der Waals surface area (Å²) in [4.78, 5) is 26.1. The van der Waals surface area contributed by atoms with Crippen molar-refractivity contribution >= 4 is 23.2 Å². The number of benzene rings is 2. The van der Waals surface area contributed by atoms with Crippen LogP contribution in [0.3, 0.4) is 0 Å². The van der Waals surface area contributed by atoms with Crippen LogP contribution in [0, 0.1) is 6.92 Å². The normalized spacial score (nSPS) is 10.5. The first-order chi connectivity index (χ1) is 12.4. The molecule has 0 aliphatic carbocycles. The number of ether oxygens (including phenoxy) is 1. The van der Waals surface area contributed by atoms with E-state index in [0.29, 0.717) is 23.7 Å². The quantitative estimate of drug-likeness (QED) is 0.801. The zero-order valence-electron chi connectivity index (χ0n) is 15.6. The van der Waals surface area contributed by atoms with Crippen LogP contribution in [0.1, 0.15) is 11.1 Å². The summed E-state index contributed by atoms with van der Waals surface area (Å²) in [5.41, 5.74) is 3.07. The second-order valence-electron chi connectivity index (χ2n) is 6.35. The van der Waals surface area contributed by atoms with E-state index in [-0.39, 0.29) is 18.2 Å². The predicted octanol–water partition coefficient (Wildman–Crippen LogP) is 2.68. The maximum atomic E-state index is 12.4. The molecular weight excluding hydrogens is 330 g/mol. The summed E-state index contributed by atoms with van der Waals surface area (Å²) >= 11 is 0. The molecule has 2 rings (SSSR count). The SMILES string of the molecule is COc1ccccc1CC(=O)Nc1ccc(C)c(NC(=O)CN(C)C)c1. The van der Waals surface area contributed by atoms with E-state index in [1.807, 2.05) is 57.4 Å². The molecular formula is C20H25N3O3. The molecule has 0 saturated carbocycles. The predicted molar refractivity (Wildman–Crippen MR) is 104 cm³/mol. The van der Waals surface area contributed by atoms with Gasteiger partial charge in [0.25, 0.3) is 0 Å². The minimum absolute atomic E-state index is 0.101. The van der Waals surface area contributed by atoms with Crippen molar-refractivity contribution in [3.63, 3.8) is 0 Å². The van der Waals surface area contributed by atoms with Crippen LogP contribution < -0.4 is 15.4 Å². The highest BCUT2D eigenvalue weighted by Crippen LogP contribution is 2.22. The van der Waals surface area contributed by atoms with Gasteiger partial charge in [-0.3, -0.25) is 9.59 Å². The van der Waals surface area contributed by atoms with Crippen LogP contribution in [0.25, 0.3) is 0 Å². The lowest BCUT2D eigenvalue weighted by molar-refractivity contribution is -0.117. The Kier molecular flexibility index (Phi) is 6.74. The summed E-state index contributed by atoms with van der Waals surface area (Å²) in [5.74, 6) is 0.433. The van der Waals surface area contributed by atoms with Crippen molar-refractivity contribution in [3.8, 4) is 5.75 Å². The number of nitrogens with one attached hydrogen (secondary N) is 2. The number of likely N-dealkylation sites (N-methyl/N-ethyl adjacent to an activating group) is 1. The molecule has 0 spiro atoms. The van der Waals surface area contributed by atoms with Crippen LogP contribution in [-0.4, -0.2) is 44.5 Å². The van der Waals surface area contributed by atoms with E-state index < -0.39 is 0 Å². The van der Waals surface area contributed by atoms with Gasteiger partial charge in [-0.05, 0) is 44.8 Å². The minimum Gasteiger partial charge on any atom is -0.496 e. The van der Waals surface area contributed by atoms with Gasteiger partial charge in [-0.2, -0.15) is 0 Å². The molecule has 0 heterocycles. The number of hydrogen-bond donors (Lipinski definition) is 2. The number of rotatable bonds is 7. The number of amides is 2. The van der Waals surface area contributed by atoms with Gasteiger partial charge in [-0.15, -0.1) is 0 Å². The first-order valence-electron chi connectivity index (χ1n) is 8.36. The fourth-order valence-electron chi connectivity index (χ4n) is 2.54. The van der Waals surface area contributed by atoms with Crippen LogP contribution in [0.4, 0.5) is 11.4 Å². The molecule has 6 nitrogen and oxygen atoms in total. The number of aryl methyl sites for hydroxylation is 1. The third-order valence-electron chi connectivity index (χ3n) is 3.80. The van der Waals surface area contributed by atoms with Gasteiger partial charge in [0.05, 0.1) is 20.1 Å².